The van der Waals surface area contributed by atoms with Crippen LogP contribution in [0.2, 0.25) is 19.6 Å². The van der Waals surface area contributed by atoms with Crippen molar-refractivity contribution in [1.29, 1.82) is 0 Å². The van der Waals surface area contributed by atoms with Gasteiger partial charge in [-0.1, -0.05) is 50.0 Å². The van der Waals surface area contributed by atoms with Gasteiger partial charge in [0.25, 0.3) is 0 Å². The van der Waals surface area contributed by atoms with E-state index in [-0.39, 0.29) is 6.10 Å². The molecule has 0 fully saturated rings. The van der Waals surface area contributed by atoms with Gasteiger partial charge >= 0.3 is 0 Å². The normalized spacial score (nSPS) is 14.4. The molecule has 0 radical (unpaired) electrons. The Balaban J connectivity index is 2.56. The maximum atomic E-state index is 10.2. The number of hydrogen-bond acceptors (Lipinski definition) is 2. The number of ether oxygens (including phenoxy) is 1. The van der Waals surface area contributed by atoms with E-state index in [9.17, 15) is 5.11 Å². The summed E-state index contributed by atoms with van der Waals surface area (Å²) in [5.41, 5.74) is 4.42. The minimum atomic E-state index is -1.34. The molecule has 3 heteroatoms. The monoisotopic (exact) mass is 276 g/mol. The third-order valence-corrected chi connectivity index (χ3v) is 3.71. The van der Waals surface area contributed by atoms with Crippen molar-refractivity contribution in [3.63, 3.8) is 0 Å². The molecular weight excluding hydrogens is 252 g/mol. The lowest BCUT2D eigenvalue weighted by molar-refractivity contribution is -0.00776. The molecule has 0 unspecified atom stereocenters. The lowest BCUT2D eigenvalue weighted by Crippen LogP contribution is -2.29. The van der Waals surface area contributed by atoms with Gasteiger partial charge in [-0.15, -0.1) is 11.5 Å². The third kappa shape index (κ3) is 6.58. The molecular formula is C16H24O2Si. The highest BCUT2D eigenvalue weighted by molar-refractivity contribution is 6.83. The molecule has 0 saturated heterocycles. The SMILES string of the molecule is CO[C@@H](CC#C[Si](C)(C)C)[C@@H](O)Cc1ccccc1. The molecule has 0 aliphatic heterocycles. The van der Waals surface area contributed by atoms with Crippen molar-refractivity contribution in [3.8, 4) is 11.5 Å². The number of rotatable bonds is 5. The van der Waals surface area contributed by atoms with E-state index >= 15 is 0 Å². The number of hydrogen-bond donors (Lipinski definition) is 1. The fourth-order valence-electron chi connectivity index (χ4n) is 1.78. The number of aliphatic hydroxyl groups excluding tert-OH is 1. The van der Waals surface area contributed by atoms with Gasteiger partial charge in [0.1, 0.15) is 8.07 Å². The Morgan fingerprint density at radius 2 is 1.84 bits per heavy atom. The van der Waals surface area contributed by atoms with E-state index in [1.165, 1.54) is 0 Å². The molecule has 19 heavy (non-hydrogen) atoms. The molecule has 0 amide bonds. The topological polar surface area (TPSA) is 29.5 Å². The van der Waals surface area contributed by atoms with Gasteiger partial charge in [0, 0.05) is 20.0 Å². The van der Waals surface area contributed by atoms with Crippen molar-refractivity contribution < 1.29 is 9.84 Å². The van der Waals surface area contributed by atoms with Crippen molar-refractivity contribution in [3.05, 3.63) is 35.9 Å². The molecule has 1 aromatic carbocycles. The fourth-order valence-corrected chi connectivity index (χ4v) is 2.41. The molecule has 1 N–H and O–H groups in total. The van der Waals surface area contributed by atoms with Gasteiger partial charge in [0.2, 0.25) is 0 Å². The molecule has 2 atom stereocenters. The van der Waals surface area contributed by atoms with E-state index in [1.54, 1.807) is 7.11 Å². The molecule has 0 heterocycles. The van der Waals surface area contributed by atoms with Crippen molar-refractivity contribution in [2.45, 2.75) is 44.7 Å². The Labute approximate surface area is 117 Å². The molecule has 0 aromatic heterocycles. The molecule has 0 aliphatic carbocycles. The van der Waals surface area contributed by atoms with Gasteiger partial charge < -0.3 is 9.84 Å². The summed E-state index contributed by atoms with van der Waals surface area (Å²) in [5.74, 6) is 3.17. The predicted octanol–water partition coefficient (Wildman–Crippen LogP) is 2.88. The molecule has 2 nitrogen and oxygen atoms in total. The van der Waals surface area contributed by atoms with Crippen LogP contribution in [-0.4, -0.2) is 32.5 Å². The maximum absolute atomic E-state index is 10.2. The first kappa shape index (κ1) is 16.0. The Kier molecular flexibility index (Phi) is 6.30. The fraction of sp³-hybridized carbons (Fsp3) is 0.500. The summed E-state index contributed by atoms with van der Waals surface area (Å²) < 4.78 is 5.36. The zero-order chi connectivity index (χ0) is 14.3. The van der Waals surface area contributed by atoms with Crippen LogP contribution in [0, 0.1) is 11.5 Å². The highest BCUT2D eigenvalue weighted by atomic mass is 28.3. The second-order valence-electron chi connectivity index (χ2n) is 5.79. The second-order valence-corrected chi connectivity index (χ2v) is 10.5. The minimum absolute atomic E-state index is 0.218. The average Bonchev–Trinajstić information content (AvgIpc) is 2.34. The summed E-state index contributed by atoms with van der Waals surface area (Å²) in [6, 6.07) is 9.97. The summed E-state index contributed by atoms with van der Waals surface area (Å²) >= 11 is 0. The standard InChI is InChI=1S/C16H24O2Si/c1-18-16(11-8-12-19(2,3)4)15(17)13-14-9-6-5-7-10-14/h5-7,9-10,15-17H,11,13H2,1-4H3/t15-,16-/m0/s1. The van der Waals surface area contributed by atoms with Crippen LogP contribution in [0.1, 0.15) is 12.0 Å². The Morgan fingerprint density at radius 3 is 2.37 bits per heavy atom. The molecule has 0 bridgehead atoms. The second kappa shape index (κ2) is 7.49. The van der Waals surface area contributed by atoms with Crippen molar-refractivity contribution in [2.75, 3.05) is 7.11 Å². The molecule has 0 saturated carbocycles. The van der Waals surface area contributed by atoms with Crippen LogP contribution in [0.3, 0.4) is 0 Å². The largest absolute Gasteiger partial charge is 0.390 e. The van der Waals surface area contributed by atoms with E-state index in [0.717, 1.165) is 5.56 Å². The van der Waals surface area contributed by atoms with Gasteiger partial charge in [-0.05, 0) is 5.56 Å². The Hall–Kier alpha value is -1.08. The molecule has 0 aliphatic rings. The molecule has 1 rings (SSSR count). The van der Waals surface area contributed by atoms with Crippen LogP contribution >= 0.6 is 0 Å². The zero-order valence-electron chi connectivity index (χ0n) is 12.3. The van der Waals surface area contributed by atoms with Crippen LogP contribution < -0.4 is 0 Å². The maximum Gasteiger partial charge on any atom is 0.129 e. The first-order chi connectivity index (χ1) is 8.92. The van der Waals surface area contributed by atoms with Crippen molar-refractivity contribution in [2.24, 2.45) is 0 Å². The third-order valence-electron chi connectivity index (χ3n) is 2.79. The average molecular weight is 276 g/mol. The molecule has 104 valence electrons. The number of methoxy groups -OCH3 is 1. The summed E-state index contributed by atoms with van der Waals surface area (Å²) in [6.45, 7) is 6.63. The lowest BCUT2D eigenvalue weighted by atomic mass is 10.0. The first-order valence-corrected chi connectivity index (χ1v) is 10.2. The minimum Gasteiger partial charge on any atom is -0.390 e. The van der Waals surface area contributed by atoms with Crippen LogP contribution in [0.5, 0.6) is 0 Å². The van der Waals surface area contributed by atoms with E-state index in [2.05, 4.69) is 31.1 Å². The summed E-state index contributed by atoms with van der Waals surface area (Å²) in [4.78, 5) is 0. The van der Waals surface area contributed by atoms with Gasteiger partial charge in [-0.25, -0.2) is 0 Å². The Morgan fingerprint density at radius 1 is 1.21 bits per heavy atom. The van der Waals surface area contributed by atoms with E-state index in [1.807, 2.05) is 30.3 Å². The lowest BCUT2D eigenvalue weighted by Gasteiger charge is -2.19. The van der Waals surface area contributed by atoms with Gasteiger partial charge in [0.15, 0.2) is 0 Å². The quantitative estimate of drug-likeness (QED) is 0.662. The zero-order valence-corrected chi connectivity index (χ0v) is 13.3. The summed E-state index contributed by atoms with van der Waals surface area (Å²) in [6.07, 6.45) is 0.468. The Bertz CT molecular complexity index is 426. The number of benzene rings is 1. The highest BCUT2D eigenvalue weighted by Gasteiger charge is 2.18. The van der Waals surface area contributed by atoms with E-state index in [4.69, 9.17) is 4.74 Å². The molecule has 0 spiro atoms. The van der Waals surface area contributed by atoms with Crippen LogP contribution in [-0.2, 0) is 11.2 Å². The predicted molar refractivity (Wildman–Crippen MR) is 82.7 cm³/mol. The number of aliphatic hydroxyl groups is 1. The van der Waals surface area contributed by atoms with Crippen molar-refractivity contribution in [1.82, 2.24) is 0 Å². The van der Waals surface area contributed by atoms with Gasteiger partial charge in [-0.2, -0.15) is 0 Å². The van der Waals surface area contributed by atoms with Gasteiger partial charge in [-0.3, -0.25) is 0 Å². The summed E-state index contributed by atoms with van der Waals surface area (Å²) in [7, 11) is 0.290. The van der Waals surface area contributed by atoms with Crippen molar-refractivity contribution >= 4 is 8.07 Å². The van der Waals surface area contributed by atoms with E-state index in [0.29, 0.717) is 12.8 Å². The van der Waals surface area contributed by atoms with Gasteiger partial charge in [0.05, 0.1) is 12.2 Å². The highest BCUT2D eigenvalue weighted by Crippen LogP contribution is 2.10. The van der Waals surface area contributed by atoms with Crippen LogP contribution in [0.15, 0.2) is 30.3 Å². The smallest absolute Gasteiger partial charge is 0.129 e. The summed E-state index contributed by atoms with van der Waals surface area (Å²) in [5, 5.41) is 10.2. The first-order valence-electron chi connectivity index (χ1n) is 6.67. The van der Waals surface area contributed by atoms with E-state index < -0.39 is 14.2 Å². The van der Waals surface area contributed by atoms with Crippen LogP contribution in [0.25, 0.3) is 0 Å². The molecule has 1 aromatic rings. The van der Waals surface area contributed by atoms with Crippen LogP contribution in [0.4, 0.5) is 0 Å².